The zero-order valence-electron chi connectivity index (χ0n) is 12.6. The predicted molar refractivity (Wildman–Crippen MR) is 85.6 cm³/mol. The Morgan fingerprint density at radius 2 is 1.61 bits per heavy atom. The van der Waals surface area contributed by atoms with Gasteiger partial charge in [0, 0.05) is 6.07 Å². The first kappa shape index (κ1) is 15.9. The van der Waals surface area contributed by atoms with Crippen LogP contribution in [0.1, 0.15) is 11.1 Å². The van der Waals surface area contributed by atoms with Crippen LogP contribution in [-0.2, 0) is 4.79 Å². The van der Waals surface area contributed by atoms with Gasteiger partial charge in [-0.05, 0) is 43.2 Å². The standard InChI is InChI=1S/C17H12N4O2/c1-12-3-5-14(21-11-22)7-16(12)19-10-20-17-8-15(23-9-18)6-4-13(17)2/h3-8H,1-2H3. The summed E-state index contributed by atoms with van der Waals surface area (Å²) in [5, 5.41) is 8.53. The fraction of sp³-hybridized carbons (Fsp3) is 0.118. The molecule has 0 bridgehead atoms. The third kappa shape index (κ3) is 4.23. The molecular formula is C17H12N4O2. The molecule has 0 saturated heterocycles. The summed E-state index contributed by atoms with van der Waals surface area (Å²) in [6.07, 6.45) is 3.10. The van der Waals surface area contributed by atoms with Crippen LogP contribution in [0.3, 0.4) is 0 Å². The number of ether oxygens (including phenoxy) is 1. The van der Waals surface area contributed by atoms with Gasteiger partial charge in [-0.15, -0.1) is 5.26 Å². The van der Waals surface area contributed by atoms with E-state index in [4.69, 9.17) is 10.00 Å². The van der Waals surface area contributed by atoms with Gasteiger partial charge in [-0.2, -0.15) is 15.0 Å². The van der Waals surface area contributed by atoms with Gasteiger partial charge >= 0.3 is 0 Å². The minimum atomic E-state index is 0.400. The van der Waals surface area contributed by atoms with Gasteiger partial charge in [0.05, 0.1) is 17.1 Å². The van der Waals surface area contributed by atoms with Crippen molar-refractivity contribution in [3.63, 3.8) is 0 Å². The first-order valence-corrected chi connectivity index (χ1v) is 6.65. The van der Waals surface area contributed by atoms with Gasteiger partial charge in [0.15, 0.2) is 0 Å². The molecule has 6 nitrogen and oxygen atoms in total. The molecular weight excluding hydrogens is 292 g/mol. The quantitative estimate of drug-likeness (QED) is 0.480. The average Bonchev–Trinajstić information content (AvgIpc) is 2.54. The molecule has 0 atom stereocenters. The van der Waals surface area contributed by atoms with Gasteiger partial charge in [0.25, 0.3) is 6.26 Å². The van der Waals surface area contributed by atoms with Crippen molar-refractivity contribution in [2.24, 2.45) is 15.0 Å². The maximum Gasteiger partial charge on any atom is 0.292 e. The lowest BCUT2D eigenvalue weighted by atomic mass is 10.2. The molecule has 112 valence electrons. The average molecular weight is 304 g/mol. The van der Waals surface area contributed by atoms with Crippen LogP contribution < -0.4 is 4.74 Å². The van der Waals surface area contributed by atoms with Gasteiger partial charge in [-0.1, -0.05) is 12.1 Å². The third-order valence-electron chi connectivity index (χ3n) is 3.05. The summed E-state index contributed by atoms with van der Waals surface area (Å²) in [5.74, 6) is 0.400. The number of benzene rings is 2. The van der Waals surface area contributed by atoms with E-state index in [1.165, 1.54) is 6.08 Å². The van der Waals surface area contributed by atoms with Crippen molar-refractivity contribution in [2.45, 2.75) is 13.8 Å². The van der Waals surface area contributed by atoms with Crippen molar-refractivity contribution in [2.75, 3.05) is 0 Å². The number of rotatable bonds is 4. The van der Waals surface area contributed by atoms with E-state index in [-0.39, 0.29) is 0 Å². The monoisotopic (exact) mass is 304 g/mol. The van der Waals surface area contributed by atoms with E-state index in [1.54, 1.807) is 42.7 Å². The fourth-order valence-corrected chi connectivity index (χ4v) is 1.80. The molecule has 0 aliphatic carbocycles. The lowest BCUT2D eigenvalue weighted by Gasteiger charge is -2.00. The summed E-state index contributed by atoms with van der Waals surface area (Å²) in [4.78, 5) is 22.1. The van der Waals surface area contributed by atoms with Crippen molar-refractivity contribution in [1.29, 1.82) is 5.26 Å². The van der Waals surface area contributed by atoms with Crippen LogP contribution in [0.5, 0.6) is 5.75 Å². The molecule has 0 saturated carbocycles. The highest BCUT2D eigenvalue weighted by molar-refractivity contribution is 5.65. The number of carbonyl (C=O) groups excluding carboxylic acids is 1. The lowest BCUT2D eigenvalue weighted by Crippen LogP contribution is -1.82. The Morgan fingerprint density at radius 3 is 2.26 bits per heavy atom. The fourth-order valence-electron chi connectivity index (χ4n) is 1.80. The molecule has 0 unspecified atom stereocenters. The second-order valence-electron chi connectivity index (χ2n) is 4.64. The number of nitrogens with zero attached hydrogens (tertiary/aromatic N) is 4. The number of nitriles is 1. The number of hydrogen-bond donors (Lipinski definition) is 0. The van der Waals surface area contributed by atoms with Crippen molar-refractivity contribution in [1.82, 2.24) is 0 Å². The zero-order chi connectivity index (χ0) is 16.7. The van der Waals surface area contributed by atoms with Gasteiger partial charge in [0.1, 0.15) is 11.8 Å². The first-order chi connectivity index (χ1) is 11.1. The SMILES string of the molecule is Cc1ccc(N=C=O)cc1N=C=Nc1cc(OC#N)ccc1C. The highest BCUT2D eigenvalue weighted by Crippen LogP contribution is 2.26. The molecule has 0 spiro atoms. The van der Waals surface area contributed by atoms with Crippen LogP contribution in [0, 0.1) is 25.4 Å². The van der Waals surface area contributed by atoms with E-state index in [0.717, 1.165) is 11.1 Å². The predicted octanol–water partition coefficient (Wildman–Crippen LogP) is 4.27. The Kier molecular flexibility index (Phi) is 5.16. The van der Waals surface area contributed by atoms with E-state index >= 15 is 0 Å². The number of aliphatic imine (C=N–C) groups is 3. The van der Waals surface area contributed by atoms with E-state index in [9.17, 15) is 4.79 Å². The molecule has 0 fully saturated rings. The van der Waals surface area contributed by atoms with Crippen molar-refractivity contribution in [3.05, 3.63) is 47.5 Å². The van der Waals surface area contributed by atoms with Gasteiger partial charge in [-0.3, -0.25) is 0 Å². The highest BCUT2D eigenvalue weighted by atomic mass is 16.5. The maximum absolute atomic E-state index is 10.3. The number of isocyanates is 1. The van der Waals surface area contributed by atoms with E-state index in [2.05, 4.69) is 21.0 Å². The Hall–Kier alpha value is -3.51. The molecule has 0 radical (unpaired) electrons. The molecule has 0 aromatic heterocycles. The topological polar surface area (TPSA) is 87.2 Å². The van der Waals surface area contributed by atoms with Crippen LogP contribution in [0.2, 0.25) is 0 Å². The van der Waals surface area contributed by atoms with E-state index in [1.807, 2.05) is 13.8 Å². The van der Waals surface area contributed by atoms with Crippen molar-refractivity contribution >= 4 is 29.2 Å². The number of aryl methyl sites for hydroxylation is 2. The van der Waals surface area contributed by atoms with Crippen LogP contribution in [0.4, 0.5) is 17.1 Å². The third-order valence-corrected chi connectivity index (χ3v) is 3.05. The molecule has 0 N–H and O–H groups in total. The van der Waals surface area contributed by atoms with Gasteiger partial charge in [0.2, 0.25) is 6.08 Å². The van der Waals surface area contributed by atoms with E-state index in [0.29, 0.717) is 22.8 Å². The Morgan fingerprint density at radius 1 is 0.957 bits per heavy atom. The Balaban J connectivity index is 2.35. The first-order valence-electron chi connectivity index (χ1n) is 6.65. The summed E-state index contributed by atoms with van der Waals surface area (Å²) in [5.41, 5.74) is 3.46. The van der Waals surface area contributed by atoms with Crippen LogP contribution in [0.15, 0.2) is 51.4 Å². The smallest absolute Gasteiger partial charge is 0.292 e. The molecule has 0 amide bonds. The molecule has 23 heavy (non-hydrogen) atoms. The molecule has 0 heterocycles. The maximum atomic E-state index is 10.3. The van der Waals surface area contributed by atoms with Crippen LogP contribution >= 0.6 is 0 Å². The zero-order valence-corrected chi connectivity index (χ0v) is 12.6. The molecule has 0 aliphatic heterocycles. The molecule has 0 aliphatic rings. The Labute approximate surface area is 133 Å². The summed E-state index contributed by atoms with van der Waals surface area (Å²) < 4.78 is 4.77. The minimum absolute atomic E-state index is 0.400. The van der Waals surface area contributed by atoms with Crippen LogP contribution in [0.25, 0.3) is 0 Å². The summed E-state index contributed by atoms with van der Waals surface area (Å²) in [7, 11) is 0. The van der Waals surface area contributed by atoms with Crippen molar-refractivity contribution in [3.8, 4) is 12.0 Å². The number of hydrogen-bond acceptors (Lipinski definition) is 6. The Bertz CT molecular complexity index is 884. The second kappa shape index (κ2) is 7.48. The largest absolute Gasteiger partial charge is 0.388 e. The second-order valence-corrected chi connectivity index (χ2v) is 4.64. The highest BCUT2D eigenvalue weighted by Gasteiger charge is 2.00. The molecule has 2 rings (SSSR count). The summed E-state index contributed by atoms with van der Waals surface area (Å²) in [6, 6.07) is 12.8. The lowest BCUT2D eigenvalue weighted by molar-refractivity contribution is 0.507. The van der Waals surface area contributed by atoms with Gasteiger partial charge in [-0.25, -0.2) is 4.79 Å². The summed E-state index contributed by atoms with van der Waals surface area (Å²) in [6.45, 7) is 3.75. The van der Waals surface area contributed by atoms with Gasteiger partial charge < -0.3 is 4.74 Å². The summed E-state index contributed by atoms with van der Waals surface area (Å²) >= 11 is 0. The van der Waals surface area contributed by atoms with E-state index < -0.39 is 0 Å². The normalized spacial score (nSPS) is 9.09. The molecule has 6 heteroatoms. The van der Waals surface area contributed by atoms with Crippen molar-refractivity contribution < 1.29 is 9.53 Å². The molecule has 2 aromatic carbocycles. The molecule has 2 aromatic rings. The van der Waals surface area contributed by atoms with Crippen LogP contribution in [-0.4, -0.2) is 12.1 Å². The minimum Gasteiger partial charge on any atom is -0.388 e.